The smallest absolute Gasteiger partial charge is 0.194 e. The molecule has 0 radical (unpaired) electrons. The highest BCUT2D eigenvalue weighted by Gasteiger charge is 2.21. The number of nitrogens with zero attached hydrogens (tertiary/aromatic N) is 4. The first-order valence-corrected chi connectivity index (χ1v) is 10.8. The number of benzene rings is 2. The number of hydrogen-bond acceptors (Lipinski definition) is 4. The zero-order chi connectivity index (χ0) is 20.8. The van der Waals surface area contributed by atoms with Gasteiger partial charge in [-0.1, -0.05) is 36.4 Å². The number of nitrogens with one attached hydrogen (secondary N) is 1. The molecule has 0 aliphatic carbocycles. The molecule has 2 N–H and O–H groups in total. The Kier molecular flexibility index (Phi) is 8.45. The van der Waals surface area contributed by atoms with Crippen LogP contribution in [-0.2, 0) is 6.54 Å². The average Bonchev–Trinajstić information content (AvgIpc) is 3.33. The molecule has 4 rings (SSSR count). The maximum absolute atomic E-state index is 10.1. The predicted octanol–water partition coefficient (Wildman–Crippen LogP) is 3.67. The van der Waals surface area contributed by atoms with Gasteiger partial charge in [-0.2, -0.15) is 0 Å². The summed E-state index contributed by atoms with van der Waals surface area (Å²) in [6.07, 6.45) is 4.42. The fourth-order valence-corrected chi connectivity index (χ4v) is 4.02. The molecule has 0 amide bonds. The van der Waals surface area contributed by atoms with E-state index in [0.29, 0.717) is 12.3 Å². The molecule has 0 atom stereocenters. The predicted molar refractivity (Wildman–Crippen MR) is 140 cm³/mol. The van der Waals surface area contributed by atoms with Crippen LogP contribution in [0.25, 0.3) is 0 Å². The highest BCUT2D eigenvalue weighted by atomic mass is 127. The fraction of sp³-hybridized carbons (Fsp3) is 0.375. The van der Waals surface area contributed by atoms with Crippen molar-refractivity contribution in [2.45, 2.75) is 13.5 Å². The number of anilines is 2. The third kappa shape index (κ3) is 5.84. The molecular weight excluding hydrogens is 501 g/mol. The van der Waals surface area contributed by atoms with Crippen molar-refractivity contribution >= 4 is 41.3 Å². The van der Waals surface area contributed by atoms with E-state index in [1.165, 1.54) is 11.3 Å². The number of aliphatic imine (C=N–C) groups is 1. The molecule has 1 saturated heterocycles. The number of aromatic hydroxyl groups is 1. The number of guanidine groups is 1. The van der Waals surface area contributed by atoms with E-state index < -0.39 is 0 Å². The van der Waals surface area contributed by atoms with Crippen LogP contribution in [0, 0.1) is 0 Å². The first-order valence-electron chi connectivity index (χ1n) is 10.8. The van der Waals surface area contributed by atoms with E-state index >= 15 is 0 Å². The van der Waals surface area contributed by atoms with Crippen LogP contribution in [0.1, 0.15) is 12.5 Å². The minimum atomic E-state index is 0. The Morgan fingerprint density at radius 1 is 0.968 bits per heavy atom. The van der Waals surface area contributed by atoms with Gasteiger partial charge in [-0.25, -0.2) is 4.99 Å². The van der Waals surface area contributed by atoms with Crippen molar-refractivity contribution in [1.29, 1.82) is 0 Å². The second kappa shape index (κ2) is 11.3. The van der Waals surface area contributed by atoms with Crippen LogP contribution in [0.15, 0.2) is 65.7 Å². The van der Waals surface area contributed by atoms with Gasteiger partial charge in [0, 0.05) is 51.5 Å². The Balaban J connectivity index is 0.00000272. The van der Waals surface area contributed by atoms with E-state index in [1.807, 2.05) is 18.2 Å². The van der Waals surface area contributed by atoms with Gasteiger partial charge in [0.05, 0.1) is 12.2 Å². The van der Waals surface area contributed by atoms with E-state index in [2.05, 4.69) is 63.4 Å². The summed E-state index contributed by atoms with van der Waals surface area (Å²) in [6.45, 7) is 9.05. The standard InChI is InChI=1S/C24H31N5O.HI/c1-2-25-24(26-19-20-8-7-9-21(18-20)27-12-5-6-13-27)29-16-14-28(15-17-29)22-10-3-4-11-23(22)30;/h3-11,18,30H,2,12-17,19H2,1H3,(H,25,26);1H. The van der Waals surface area contributed by atoms with Crippen molar-refractivity contribution in [3.05, 3.63) is 66.2 Å². The average molecular weight is 533 g/mol. The molecule has 2 heterocycles. The lowest BCUT2D eigenvalue weighted by Crippen LogP contribution is -2.52. The Labute approximate surface area is 202 Å². The van der Waals surface area contributed by atoms with Crippen LogP contribution in [-0.4, -0.2) is 61.8 Å². The second-order valence-electron chi connectivity index (χ2n) is 7.68. The molecule has 166 valence electrons. The molecule has 0 bridgehead atoms. The number of piperazine rings is 1. The molecule has 7 heteroatoms. The summed E-state index contributed by atoms with van der Waals surface area (Å²) in [7, 11) is 0. The molecule has 31 heavy (non-hydrogen) atoms. The van der Waals surface area contributed by atoms with Gasteiger partial charge in [0.25, 0.3) is 0 Å². The monoisotopic (exact) mass is 533 g/mol. The molecule has 0 aromatic heterocycles. The maximum Gasteiger partial charge on any atom is 0.194 e. The maximum atomic E-state index is 10.1. The SMILES string of the molecule is CCNC(=NCc1cccc(N2CC=CC2)c1)N1CCN(c2ccccc2O)CC1.I. The van der Waals surface area contributed by atoms with Crippen LogP contribution >= 0.6 is 24.0 Å². The van der Waals surface area contributed by atoms with E-state index in [1.54, 1.807) is 6.07 Å². The van der Waals surface area contributed by atoms with Crippen LogP contribution in [0.3, 0.4) is 0 Å². The van der Waals surface area contributed by atoms with Crippen LogP contribution in [0.5, 0.6) is 5.75 Å². The van der Waals surface area contributed by atoms with Crippen molar-refractivity contribution in [2.24, 2.45) is 4.99 Å². The molecule has 0 unspecified atom stereocenters. The zero-order valence-electron chi connectivity index (χ0n) is 18.1. The Hall–Kier alpha value is -2.42. The van der Waals surface area contributed by atoms with E-state index in [4.69, 9.17) is 4.99 Å². The summed E-state index contributed by atoms with van der Waals surface area (Å²) in [4.78, 5) is 11.8. The zero-order valence-corrected chi connectivity index (χ0v) is 20.4. The van der Waals surface area contributed by atoms with Gasteiger partial charge in [0.2, 0.25) is 0 Å². The van der Waals surface area contributed by atoms with Gasteiger partial charge in [-0.3, -0.25) is 0 Å². The van der Waals surface area contributed by atoms with Crippen molar-refractivity contribution in [3.63, 3.8) is 0 Å². The summed E-state index contributed by atoms with van der Waals surface area (Å²) >= 11 is 0. The molecule has 6 nitrogen and oxygen atoms in total. The number of halogens is 1. The number of hydrogen-bond donors (Lipinski definition) is 2. The summed E-state index contributed by atoms with van der Waals surface area (Å²) < 4.78 is 0. The summed E-state index contributed by atoms with van der Waals surface area (Å²) in [5.41, 5.74) is 3.39. The third-order valence-electron chi connectivity index (χ3n) is 5.64. The summed E-state index contributed by atoms with van der Waals surface area (Å²) in [5, 5.41) is 13.6. The van der Waals surface area contributed by atoms with Crippen molar-refractivity contribution in [3.8, 4) is 5.75 Å². The lowest BCUT2D eigenvalue weighted by Gasteiger charge is -2.37. The molecule has 2 aliphatic heterocycles. The minimum Gasteiger partial charge on any atom is -0.506 e. The van der Waals surface area contributed by atoms with Crippen molar-refractivity contribution in [1.82, 2.24) is 10.2 Å². The van der Waals surface area contributed by atoms with Gasteiger partial charge in [-0.05, 0) is 36.8 Å². The number of phenols is 1. The highest BCUT2D eigenvalue weighted by molar-refractivity contribution is 14.0. The molecule has 2 aromatic rings. The van der Waals surface area contributed by atoms with Crippen LogP contribution in [0.4, 0.5) is 11.4 Å². The Bertz CT molecular complexity index is 900. The molecule has 0 saturated carbocycles. The number of para-hydroxylation sites is 2. The van der Waals surface area contributed by atoms with Crippen LogP contribution in [0.2, 0.25) is 0 Å². The minimum absolute atomic E-state index is 0. The Morgan fingerprint density at radius 3 is 2.42 bits per heavy atom. The van der Waals surface area contributed by atoms with Gasteiger partial charge in [0.15, 0.2) is 5.96 Å². The van der Waals surface area contributed by atoms with Crippen LogP contribution < -0.4 is 15.1 Å². The largest absolute Gasteiger partial charge is 0.506 e. The molecule has 2 aromatic carbocycles. The molecule has 1 fully saturated rings. The third-order valence-corrected chi connectivity index (χ3v) is 5.64. The van der Waals surface area contributed by atoms with Gasteiger partial charge >= 0.3 is 0 Å². The normalized spacial score (nSPS) is 16.4. The number of rotatable bonds is 5. The first-order chi connectivity index (χ1) is 14.7. The van der Waals surface area contributed by atoms with Gasteiger partial charge in [-0.15, -0.1) is 24.0 Å². The lowest BCUT2D eigenvalue weighted by molar-refractivity contribution is 0.369. The molecule has 0 spiro atoms. The van der Waals surface area contributed by atoms with Gasteiger partial charge < -0.3 is 25.1 Å². The quantitative estimate of drug-likeness (QED) is 0.266. The number of phenolic OH excluding ortho intramolecular Hbond substituents is 1. The highest BCUT2D eigenvalue weighted by Crippen LogP contribution is 2.27. The fourth-order valence-electron chi connectivity index (χ4n) is 4.02. The second-order valence-corrected chi connectivity index (χ2v) is 7.68. The molecule has 2 aliphatic rings. The molecular formula is C24H32IN5O. The van der Waals surface area contributed by atoms with E-state index in [0.717, 1.165) is 57.5 Å². The van der Waals surface area contributed by atoms with E-state index in [-0.39, 0.29) is 24.0 Å². The first kappa shape index (κ1) is 23.2. The van der Waals surface area contributed by atoms with E-state index in [9.17, 15) is 5.11 Å². The summed E-state index contributed by atoms with van der Waals surface area (Å²) in [6, 6.07) is 16.2. The van der Waals surface area contributed by atoms with Crippen molar-refractivity contribution < 1.29 is 5.11 Å². The van der Waals surface area contributed by atoms with Gasteiger partial charge in [0.1, 0.15) is 5.75 Å². The lowest BCUT2D eigenvalue weighted by atomic mass is 10.2. The summed E-state index contributed by atoms with van der Waals surface area (Å²) in [5.74, 6) is 1.31. The topological polar surface area (TPSA) is 54.3 Å². The van der Waals surface area contributed by atoms with Crippen molar-refractivity contribution in [2.75, 3.05) is 55.6 Å². The Morgan fingerprint density at radius 2 is 1.71 bits per heavy atom.